The quantitative estimate of drug-likeness (QED) is 0.836. The fourth-order valence-corrected chi connectivity index (χ4v) is 2.88. The summed E-state index contributed by atoms with van der Waals surface area (Å²) in [5, 5.41) is 2.87. The maximum Gasteiger partial charge on any atom is 0.407 e. The van der Waals surface area contributed by atoms with Crippen molar-refractivity contribution in [1.82, 2.24) is 5.32 Å². The highest BCUT2D eigenvalue weighted by molar-refractivity contribution is 7.99. The molecule has 0 bridgehead atoms. The van der Waals surface area contributed by atoms with Gasteiger partial charge in [-0.2, -0.15) is 0 Å². The fourth-order valence-electron chi connectivity index (χ4n) is 1.90. The molecule has 1 saturated heterocycles. The predicted molar refractivity (Wildman–Crippen MR) is 69.2 cm³/mol. The molecule has 0 saturated carbocycles. The van der Waals surface area contributed by atoms with Crippen LogP contribution >= 0.6 is 11.8 Å². The van der Waals surface area contributed by atoms with E-state index < -0.39 is 0 Å². The topological polar surface area (TPSA) is 38.3 Å². The van der Waals surface area contributed by atoms with E-state index in [2.05, 4.69) is 31.3 Å². The van der Waals surface area contributed by atoms with Gasteiger partial charge in [0, 0.05) is 10.6 Å². The van der Waals surface area contributed by atoms with Gasteiger partial charge in [-0.3, -0.25) is 0 Å². The smallest absolute Gasteiger partial charge is 0.407 e. The first kappa shape index (κ1) is 12.3. The number of cyclic esters (lactones) is 1. The van der Waals surface area contributed by atoms with Gasteiger partial charge in [-0.1, -0.05) is 32.0 Å². The lowest BCUT2D eigenvalue weighted by atomic mass is 10.0. The van der Waals surface area contributed by atoms with Gasteiger partial charge in [-0.05, 0) is 18.1 Å². The van der Waals surface area contributed by atoms with E-state index in [1.807, 2.05) is 18.2 Å². The largest absolute Gasteiger partial charge is 0.443 e. The van der Waals surface area contributed by atoms with E-state index in [0.717, 1.165) is 5.75 Å². The van der Waals surface area contributed by atoms with Gasteiger partial charge in [-0.25, -0.2) is 4.79 Å². The Morgan fingerprint density at radius 1 is 1.35 bits per heavy atom. The van der Waals surface area contributed by atoms with E-state index in [0.29, 0.717) is 5.92 Å². The van der Waals surface area contributed by atoms with Crippen LogP contribution in [0.5, 0.6) is 0 Å². The number of hydrogen-bond acceptors (Lipinski definition) is 3. The summed E-state index contributed by atoms with van der Waals surface area (Å²) in [5.41, 5.74) is 0. The number of thioether (sulfide) groups is 1. The van der Waals surface area contributed by atoms with Crippen molar-refractivity contribution in [1.29, 1.82) is 0 Å². The first-order valence-corrected chi connectivity index (χ1v) is 6.80. The molecule has 1 aromatic carbocycles. The normalized spacial score (nSPS) is 23.6. The molecular formula is C13H17NO2S. The molecule has 1 N–H and O–H groups in total. The van der Waals surface area contributed by atoms with Crippen molar-refractivity contribution >= 4 is 17.9 Å². The van der Waals surface area contributed by atoms with Crippen LogP contribution in [0.1, 0.15) is 13.8 Å². The highest BCUT2D eigenvalue weighted by Gasteiger charge is 2.35. The zero-order valence-corrected chi connectivity index (χ0v) is 10.9. The van der Waals surface area contributed by atoms with Gasteiger partial charge in [0.15, 0.2) is 0 Å². The van der Waals surface area contributed by atoms with Crippen molar-refractivity contribution in [2.45, 2.75) is 30.9 Å². The molecule has 2 rings (SSSR count). The Kier molecular flexibility index (Phi) is 3.94. The van der Waals surface area contributed by atoms with Crippen LogP contribution in [0.3, 0.4) is 0 Å². The minimum atomic E-state index is -0.289. The molecule has 0 aliphatic carbocycles. The Labute approximate surface area is 106 Å². The van der Waals surface area contributed by atoms with Crippen molar-refractivity contribution in [2.75, 3.05) is 5.75 Å². The molecule has 1 aliphatic rings. The molecule has 0 spiro atoms. The first-order chi connectivity index (χ1) is 8.16. The Morgan fingerprint density at radius 3 is 2.71 bits per heavy atom. The van der Waals surface area contributed by atoms with Crippen molar-refractivity contribution in [3.63, 3.8) is 0 Å². The SMILES string of the molecule is CC(C)[C@@H]1NC(=O)O[C@@H]1CSc1ccccc1. The van der Waals surface area contributed by atoms with Crippen molar-refractivity contribution < 1.29 is 9.53 Å². The van der Waals surface area contributed by atoms with E-state index in [1.54, 1.807) is 11.8 Å². The summed E-state index contributed by atoms with van der Waals surface area (Å²) in [5.74, 6) is 1.19. The zero-order chi connectivity index (χ0) is 12.3. The van der Waals surface area contributed by atoms with E-state index in [-0.39, 0.29) is 18.2 Å². The average Bonchev–Trinajstić information content (AvgIpc) is 2.69. The summed E-state index contributed by atoms with van der Waals surface area (Å²) in [6.45, 7) is 4.19. The fraction of sp³-hybridized carbons (Fsp3) is 0.462. The van der Waals surface area contributed by atoms with E-state index >= 15 is 0 Å². The molecule has 3 nitrogen and oxygen atoms in total. The molecular weight excluding hydrogens is 234 g/mol. The summed E-state index contributed by atoms with van der Waals surface area (Å²) in [6.07, 6.45) is -0.324. The molecule has 0 aromatic heterocycles. The van der Waals surface area contributed by atoms with Crippen LogP contribution in [0, 0.1) is 5.92 Å². The molecule has 17 heavy (non-hydrogen) atoms. The van der Waals surface area contributed by atoms with Gasteiger partial charge < -0.3 is 10.1 Å². The molecule has 92 valence electrons. The number of alkyl carbamates (subject to hydrolysis) is 1. The molecule has 4 heteroatoms. The van der Waals surface area contributed by atoms with E-state index in [1.165, 1.54) is 4.90 Å². The van der Waals surface area contributed by atoms with Gasteiger partial charge in [0.05, 0.1) is 6.04 Å². The van der Waals surface area contributed by atoms with Gasteiger partial charge in [0.2, 0.25) is 0 Å². The molecule has 1 heterocycles. The Hall–Kier alpha value is -1.16. The number of benzene rings is 1. The number of carbonyl (C=O) groups is 1. The third kappa shape index (κ3) is 3.16. The number of carbonyl (C=O) groups excluding carboxylic acids is 1. The van der Waals surface area contributed by atoms with Gasteiger partial charge in [-0.15, -0.1) is 11.8 Å². The van der Waals surface area contributed by atoms with Crippen LogP contribution in [0.25, 0.3) is 0 Å². The van der Waals surface area contributed by atoms with Gasteiger partial charge in [0.1, 0.15) is 6.10 Å². The Bertz CT molecular complexity index is 380. The average molecular weight is 251 g/mol. The maximum atomic E-state index is 11.2. The Balaban J connectivity index is 1.92. The van der Waals surface area contributed by atoms with Crippen molar-refractivity contribution in [3.05, 3.63) is 30.3 Å². The van der Waals surface area contributed by atoms with E-state index in [4.69, 9.17) is 4.74 Å². The molecule has 0 unspecified atom stereocenters. The molecule has 1 aliphatic heterocycles. The highest BCUT2D eigenvalue weighted by Crippen LogP contribution is 2.24. The summed E-state index contributed by atoms with van der Waals surface area (Å²) in [7, 11) is 0. The lowest BCUT2D eigenvalue weighted by Crippen LogP contribution is -2.37. The van der Waals surface area contributed by atoms with Crippen LogP contribution in [-0.4, -0.2) is 24.0 Å². The molecule has 2 atom stereocenters. The standard InChI is InChI=1S/C13H17NO2S/c1-9(2)12-11(16-13(15)14-12)8-17-10-6-4-3-5-7-10/h3-7,9,11-12H,8H2,1-2H3,(H,14,15)/t11-,12+/m1/s1. The molecule has 1 aromatic rings. The Morgan fingerprint density at radius 2 is 2.06 bits per heavy atom. The van der Waals surface area contributed by atoms with Gasteiger partial charge >= 0.3 is 6.09 Å². The van der Waals surface area contributed by atoms with Crippen LogP contribution < -0.4 is 5.32 Å². The summed E-state index contributed by atoms with van der Waals surface area (Å²) in [4.78, 5) is 12.4. The zero-order valence-electron chi connectivity index (χ0n) is 10.1. The third-order valence-corrected chi connectivity index (χ3v) is 3.92. The van der Waals surface area contributed by atoms with E-state index in [9.17, 15) is 4.79 Å². The lowest BCUT2D eigenvalue weighted by Gasteiger charge is -2.19. The summed E-state index contributed by atoms with van der Waals surface area (Å²) >= 11 is 1.72. The summed E-state index contributed by atoms with van der Waals surface area (Å²) < 4.78 is 5.29. The maximum absolute atomic E-state index is 11.2. The first-order valence-electron chi connectivity index (χ1n) is 5.82. The second-order valence-electron chi connectivity index (χ2n) is 4.48. The van der Waals surface area contributed by atoms with Crippen molar-refractivity contribution in [2.24, 2.45) is 5.92 Å². The molecule has 0 radical (unpaired) electrons. The molecule has 1 fully saturated rings. The number of amides is 1. The number of rotatable bonds is 4. The monoisotopic (exact) mass is 251 g/mol. The molecule has 1 amide bonds. The number of ether oxygens (including phenoxy) is 1. The van der Waals surface area contributed by atoms with Crippen molar-refractivity contribution in [3.8, 4) is 0 Å². The van der Waals surface area contributed by atoms with Crippen LogP contribution in [0.4, 0.5) is 4.79 Å². The lowest BCUT2D eigenvalue weighted by molar-refractivity contribution is 0.138. The minimum absolute atomic E-state index is 0.0345. The second kappa shape index (κ2) is 5.45. The van der Waals surface area contributed by atoms with Gasteiger partial charge in [0.25, 0.3) is 0 Å². The number of hydrogen-bond donors (Lipinski definition) is 1. The predicted octanol–water partition coefficient (Wildman–Crippen LogP) is 2.91. The number of nitrogens with one attached hydrogen (secondary N) is 1. The van der Waals surface area contributed by atoms with Crippen LogP contribution in [-0.2, 0) is 4.74 Å². The second-order valence-corrected chi connectivity index (χ2v) is 5.58. The summed E-state index contributed by atoms with van der Waals surface area (Å²) in [6, 6.07) is 10.3. The third-order valence-electron chi connectivity index (χ3n) is 2.82. The van der Waals surface area contributed by atoms with Crippen LogP contribution in [0.15, 0.2) is 35.2 Å². The van der Waals surface area contributed by atoms with Crippen LogP contribution in [0.2, 0.25) is 0 Å². The highest BCUT2D eigenvalue weighted by atomic mass is 32.2. The minimum Gasteiger partial charge on any atom is -0.443 e.